The molecular weight excluding hydrogens is 420 g/mol. The third kappa shape index (κ3) is 5.74. The average molecular weight is 449 g/mol. The van der Waals surface area contributed by atoms with Crippen LogP contribution in [-0.4, -0.2) is 46.2 Å². The van der Waals surface area contributed by atoms with E-state index in [2.05, 4.69) is 83.9 Å². The van der Waals surface area contributed by atoms with E-state index in [4.69, 9.17) is 19.7 Å². The summed E-state index contributed by atoms with van der Waals surface area (Å²) in [5.41, 5.74) is 4.47. The lowest BCUT2D eigenvalue weighted by Crippen LogP contribution is -2.32. The first kappa shape index (κ1) is 22.0. The molecule has 1 saturated heterocycles. The van der Waals surface area contributed by atoms with Crippen molar-refractivity contribution in [3.8, 4) is 0 Å². The van der Waals surface area contributed by atoms with Gasteiger partial charge in [-0.2, -0.15) is 0 Å². The molecule has 34 heavy (non-hydrogen) atoms. The van der Waals surface area contributed by atoms with E-state index in [1.54, 1.807) is 0 Å². The van der Waals surface area contributed by atoms with Crippen LogP contribution in [0.15, 0.2) is 97.2 Å². The molecule has 3 aromatic carbocycles. The molecule has 0 bridgehead atoms. The highest BCUT2D eigenvalue weighted by Crippen LogP contribution is 2.23. The molecule has 0 atom stereocenters. The molecule has 5 heteroatoms. The van der Waals surface area contributed by atoms with E-state index in [0.29, 0.717) is 18.7 Å². The van der Waals surface area contributed by atoms with Crippen molar-refractivity contribution < 1.29 is 4.74 Å². The van der Waals surface area contributed by atoms with E-state index < -0.39 is 0 Å². The quantitative estimate of drug-likeness (QED) is 0.407. The average Bonchev–Trinajstić information content (AvgIpc) is 2.89. The number of morpholine rings is 1. The molecule has 0 spiro atoms. The van der Waals surface area contributed by atoms with E-state index in [-0.39, 0.29) is 0 Å². The topological polar surface area (TPSA) is 51.1 Å². The van der Waals surface area contributed by atoms with Crippen LogP contribution in [0.5, 0.6) is 0 Å². The Kier molecular flexibility index (Phi) is 7.02. The second kappa shape index (κ2) is 10.9. The number of hydrogen-bond donors (Lipinski definition) is 0. The van der Waals surface area contributed by atoms with Crippen molar-refractivity contribution in [2.24, 2.45) is 0 Å². The van der Waals surface area contributed by atoms with E-state index in [9.17, 15) is 0 Å². The maximum Gasteiger partial charge on any atom is 0.165 e. The molecule has 5 nitrogen and oxygen atoms in total. The lowest BCUT2D eigenvalue weighted by Gasteiger charge is -2.26. The van der Waals surface area contributed by atoms with Crippen molar-refractivity contribution >= 4 is 5.57 Å². The molecular formula is C29H28N4O. The number of rotatable bonds is 7. The third-order valence-electron chi connectivity index (χ3n) is 5.82. The Labute approximate surface area is 200 Å². The molecule has 0 N–H and O–H groups in total. The highest BCUT2D eigenvalue weighted by atomic mass is 16.5. The van der Waals surface area contributed by atoms with Crippen LogP contribution >= 0.6 is 0 Å². The zero-order valence-corrected chi connectivity index (χ0v) is 19.2. The summed E-state index contributed by atoms with van der Waals surface area (Å²) in [4.78, 5) is 17.1. The molecule has 0 amide bonds. The Bertz CT molecular complexity index is 1160. The van der Waals surface area contributed by atoms with Crippen molar-refractivity contribution in [3.63, 3.8) is 0 Å². The fraction of sp³-hybridized carbons (Fsp3) is 0.207. The largest absolute Gasteiger partial charge is 0.378 e. The Morgan fingerprint density at radius 2 is 1.18 bits per heavy atom. The summed E-state index contributed by atoms with van der Waals surface area (Å²) in [6, 6.07) is 31.1. The normalized spacial score (nSPS) is 14.2. The minimum Gasteiger partial charge on any atom is -0.378 e. The predicted octanol–water partition coefficient (Wildman–Crippen LogP) is 4.77. The van der Waals surface area contributed by atoms with Crippen molar-refractivity contribution in [1.82, 2.24) is 19.9 Å². The SMILES string of the molecule is C(=C(/c1ccccc1)c1nc(Cc2ccccc2)nc(Cc2ccccc2)n1)/N1CCOCC1. The fourth-order valence-electron chi connectivity index (χ4n) is 4.07. The van der Waals surface area contributed by atoms with Crippen molar-refractivity contribution in [3.05, 3.63) is 131 Å². The van der Waals surface area contributed by atoms with Crippen LogP contribution in [0.1, 0.15) is 34.2 Å². The van der Waals surface area contributed by atoms with E-state index in [0.717, 1.165) is 49.1 Å². The molecule has 1 aliphatic heterocycles. The molecule has 2 heterocycles. The monoisotopic (exact) mass is 448 g/mol. The number of aromatic nitrogens is 3. The highest BCUT2D eigenvalue weighted by Gasteiger charge is 2.16. The van der Waals surface area contributed by atoms with Gasteiger partial charge in [0.2, 0.25) is 0 Å². The minimum absolute atomic E-state index is 0.664. The van der Waals surface area contributed by atoms with Crippen LogP contribution in [0.3, 0.4) is 0 Å². The zero-order valence-electron chi connectivity index (χ0n) is 19.2. The van der Waals surface area contributed by atoms with Crippen LogP contribution in [0.25, 0.3) is 5.57 Å². The van der Waals surface area contributed by atoms with Gasteiger partial charge in [-0.25, -0.2) is 15.0 Å². The van der Waals surface area contributed by atoms with Gasteiger partial charge in [-0.1, -0.05) is 91.0 Å². The standard InChI is InChI=1S/C29H28N4O/c1-4-10-23(11-5-1)20-27-30-28(21-24-12-6-2-7-13-24)32-29(31-27)26(25-14-8-3-9-15-25)22-33-16-18-34-19-17-33/h1-15,22H,16-21H2/b26-22+. The highest BCUT2D eigenvalue weighted by molar-refractivity contribution is 5.75. The van der Waals surface area contributed by atoms with Gasteiger partial charge in [-0.3, -0.25) is 0 Å². The zero-order chi connectivity index (χ0) is 23.0. The smallest absolute Gasteiger partial charge is 0.165 e. The van der Waals surface area contributed by atoms with Crippen molar-refractivity contribution in [1.29, 1.82) is 0 Å². The lowest BCUT2D eigenvalue weighted by atomic mass is 10.1. The molecule has 5 rings (SSSR count). The Balaban J connectivity index is 1.58. The van der Waals surface area contributed by atoms with Gasteiger partial charge in [-0.05, 0) is 16.7 Å². The molecule has 1 fully saturated rings. The Morgan fingerprint density at radius 3 is 1.71 bits per heavy atom. The number of benzene rings is 3. The third-order valence-corrected chi connectivity index (χ3v) is 5.82. The van der Waals surface area contributed by atoms with Crippen LogP contribution in [0.4, 0.5) is 0 Å². The molecule has 1 aromatic heterocycles. The van der Waals surface area contributed by atoms with Gasteiger partial charge in [0.25, 0.3) is 0 Å². The van der Waals surface area contributed by atoms with Gasteiger partial charge in [0.05, 0.1) is 13.2 Å². The lowest BCUT2D eigenvalue weighted by molar-refractivity contribution is 0.0596. The van der Waals surface area contributed by atoms with Gasteiger partial charge < -0.3 is 9.64 Å². The summed E-state index contributed by atoms with van der Waals surface area (Å²) < 4.78 is 5.55. The molecule has 0 unspecified atom stereocenters. The van der Waals surface area contributed by atoms with Gasteiger partial charge in [0, 0.05) is 37.7 Å². The molecule has 1 aliphatic rings. The van der Waals surface area contributed by atoms with E-state index in [1.807, 2.05) is 18.2 Å². The van der Waals surface area contributed by atoms with Crippen LogP contribution in [0, 0.1) is 0 Å². The second-order valence-electron chi connectivity index (χ2n) is 8.37. The summed E-state index contributed by atoms with van der Waals surface area (Å²) in [6.45, 7) is 3.17. The van der Waals surface area contributed by atoms with Crippen LogP contribution in [0.2, 0.25) is 0 Å². The summed E-state index contributed by atoms with van der Waals surface area (Å²) in [5.74, 6) is 2.28. The molecule has 0 saturated carbocycles. The number of ether oxygens (including phenoxy) is 1. The minimum atomic E-state index is 0.664. The summed E-state index contributed by atoms with van der Waals surface area (Å²) in [5, 5.41) is 0. The first-order valence-corrected chi connectivity index (χ1v) is 11.7. The second-order valence-corrected chi connectivity index (χ2v) is 8.37. The molecule has 0 aliphatic carbocycles. The van der Waals surface area contributed by atoms with E-state index in [1.165, 1.54) is 11.1 Å². The summed E-state index contributed by atoms with van der Waals surface area (Å²) in [7, 11) is 0. The van der Waals surface area contributed by atoms with Gasteiger partial charge in [0.1, 0.15) is 11.6 Å². The fourth-order valence-corrected chi connectivity index (χ4v) is 4.07. The van der Waals surface area contributed by atoms with Gasteiger partial charge in [0.15, 0.2) is 5.82 Å². The van der Waals surface area contributed by atoms with Gasteiger partial charge >= 0.3 is 0 Å². The maximum absolute atomic E-state index is 5.55. The molecule has 4 aromatic rings. The number of hydrogen-bond acceptors (Lipinski definition) is 5. The van der Waals surface area contributed by atoms with Crippen molar-refractivity contribution in [2.75, 3.05) is 26.3 Å². The Morgan fingerprint density at radius 1 is 0.676 bits per heavy atom. The van der Waals surface area contributed by atoms with Crippen LogP contribution < -0.4 is 0 Å². The first-order chi connectivity index (χ1) is 16.8. The molecule has 170 valence electrons. The van der Waals surface area contributed by atoms with Gasteiger partial charge in [-0.15, -0.1) is 0 Å². The van der Waals surface area contributed by atoms with E-state index >= 15 is 0 Å². The van der Waals surface area contributed by atoms with Crippen molar-refractivity contribution in [2.45, 2.75) is 12.8 Å². The predicted molar refractivity (Wildman–Crippen MR) is 134 cm³/mol. The van der Waals surface area contributed by atoms with Crippen LogP contribution in [-0.2, 0) is 17.6 Å². The summed E-state index contributed by atoms with van der Waals surface area (Å²) in [6.07, 6.45) is 3.52. The number of nitrogens with zero attached hydrogens (tertiary/aromatic N) is 4. The summed E-state index contributed by atoms with van der Waals surface area (Å²) >= 11 is 0. The maximum atomic E-state index is 5.55. The first-order valence-electron chi connectivity index (χ1n) is 11.7. The molecule has 0 radical (unpaired) electrons. The Hall–Kier alpha value is -3.83.